The van der Waals surface area contributed by atoms with Gasteiger partial charge in [0.05, 0.1) is 43.6 Å². The maximum atomic E-state index is 5.78. The van der Waals surface area contributed by atoms with Gasteiger partial charge >= 0.3 is 0 Å². The number of rotatable bonds is 7. The normalized spacial score (nSPS) is 14.1. The first-order chi connectivity index (χ1) is 19.0. The van der Waals surface area contributed by atoms with E-state index in [4.69, 9.17) is 18.9 Å². The highest BCUT2D eigenvalue weighted by Crippen LogP contribution is 2.38. The van der Waals surface area contributed by atoms with Gasteiger partial charge in [-0.3, -0.25) is 0 Å². The van der Waals surface area contributed by atoms with E-state index in [1.807, 2.05) is 43.6 Å². The third-order valence-electron chi connectivity index (χ3n) is 7.35. The Balaban J connectivity index is 1.38. The molecule has 2 aromatic carbocycles. The van der Waals surface area contributed by atoms with Crippen LogP contribution in [0.2, 0.25) is 0 Å². The number of nitrogens with one attached hydrogen (secondary N) is 1. The molecule has 39 heavy (non-hydrogen) atoms. The highest BCUT2D eigenvalue weighted by atomic mass is 16.5. The van der Waals surface area contributed by atoms with Gasteiger partial charge in [0.2, 0.25) is 5.95 Å². The summed E-state index contributed by atoms with van der Waals surface area (Å²) in [6, 6.07) is 14.2. The predicted molar refractivity (Wildman–Crippen MR) is 154 cm³/mol. The van der Waals surface area contributed by atoms with Gasteiger partial charge in [-0.25, -0.2) is 9.97 Å². The largest absolute Gasteiger partial charge is 0.497 e. The molecule has 1 aliphatic rings. The average molecular weight is 525 g/mol. The first-order valence-corrected chi connectivity index (χ1v) is 13.0. The van der Waals surface area contributed by atoms with Crippen molar-refractivity contribution >= 4 is 28.2 Å². The van der Waals surface area contributed by atoms with Crippen LogP contribution in [0, 0.1) is 0 Å². The van der Waals surface area contributed by atoms with Crippen LogP contribution >= 0.6 is 0 Å². The Morgan fingerprint density at radius 2 is 1.77 bits per heavy atom. The molecule has 1 saturated heterocycles. The Morgan fingerprint density at radius 3 is 2.51 bits per heavy atom. The first kappa shape index (κ1) is 24.8. The third-order valence-corrected chi connectivity index (χ3v) is 7.35. The van der Waals surface area contributed by atoms with Crippen LogP contribution in [0.3, 0.4) is 0 Å². The molecule has 5 aromatic rings. The summed E-state index contributed by atoms with van der Waals surface area (Å²) in [5, 5.41) is 4.47. The van der Waals surface area contributed by atoms with Gasteiger partial charge in [-0.1, -0.05) is 0 Å². The van der Waals surface area contributed by atoms with Gasteiger partial charge in [0.15, 0.2) is 0 Å². The molecule has 4 heterocycles. The molecule has 200 valence electrons. The number of furan rings is 1. The lowest BCUT2D eigenvalue weighted by atomic mass is 10.0. The molecule has 0 spiro atoms. The number of likely N-dealkylation sites (N-methyl/N-ethyl adjacent to an activating group) is 1. The third kappa shape index (κ3) is 4.77. The van der Waals surface area contributed by atoms with Crippen molar-refractivity contribution < 1.29 is 13.9 Å². The minimum absolute atomic E-state index is 0.497. The molecule has 1 fully saturated rings. The van der Waals surface area contributed by atoms with Crippen LogP contribution in [0.1, 0.15) is 0 Å². The van der Waals surface area contributed by atoms with E-state index in [0.29, 0.717) is 5.95 Å². The number of aromatic nitrogens is 3. The molecule has 0 radical (unpaired) electrons. The number of fused-ring (bicyclic) bond motifs is 1. The lowest BCUT2D eigenvalue weighted by Gasteiger charge is -2.34. The number of hydrogen-bond acceptors (Lipinski definition) is 8. The molecular weight excluding hydrogens is 492 g/mol. The van der Waals surface area contributed by atoms with Crippen LogP contribution in [-0.2, 0) is 7.05 Å². The van der Waals surface area contributed by atoms with E-state index in [-0.39, 0.29) is 0 Å². The zero-order chi connectivity index (χ0) is 26.9. The quantitative estimate of drug-likeness (QED) is 0.303. The van der Waals surface area contributed by atoms with E-state index in [0.717, 1.165) is 82.3 Å². The Kier molecular flexibility index (Phi) is 6.58. The van der Waals surface area contributed by atoms with E-state index < -0.39 is 0 Å². The number of benzene rings is 2. The zero-order valence-corrected chi connectivity index (χ0v) is 22.6. The summed E-state index contributed by atoms with van der Waals surface area (Å²) in [4.78, 5) is 14.4. The van der Waals surface area contributed by atoms with Gasteiger partial charge in [0.25, 0.3) is 0 Å². The van der Waals surface area contributed by atoms with Crippen molar-refractivity contribution in [3.05, 3.63) is 67.4 Å². The fourth-order valence-electron chi connectivity index (χ4n) is 5.15. The molecule has 0 unspecified atom stereocenters. The summed E-state index contributed by atoms with van der Waals surface area (Å²) in [7, 11) is 7.57. The summed E-state index contributed by atoms with van der Waals surface area (Å²) in [5.74, 6) is 2.13. The number of aryl methyl sites for hydroxylation is 1. The summed E-state index contributed by atoms with van der Waals surface area (Å²) in [6.07, 6.45) is 7.31. The van der Waals surface area contributed by atoms with Crippen LogP contribution in [0.15, 0.2) is 71.8 Å². The van der Waals surface area contributed by atoms with Crippen molar-refractivity contribution in [3.63, 3.8) is 0 Å². The molecule has 9 heteroatoms. The van der Waals surface area contributed by atoms with Crippen molar-refractivity contribution in [1.82, 2.24) is 19.4 Å². The molecule has 9 nitrogen and oxygen atoms in total. The Labute approximate surface area is 227 Å². The van der Waals surface area contributed by atoms with Crippen LogP contribution in [0.5, 0.6) is 11.5 Å². The highest BCUT2D eigenvalue weighted by molar-refractivity contribution is 5.99. The van der Waals surface area contributed by atoms with Crippen molar-refractivity contribution in [2.45, 2.75) is 0 Å². The van der Waals surface area contributed by atoms with Crippen molar-refractivity contribution in [2.24, 2.45) is 7.05 Å². The fourth-order valence-corrected chi connectivity index (χ4v) is 5.15. The minimum Gasteiger partial charge on any atom is -0.497 e. The molecule has 1 N–H and O–H groups in total. The zero-order valence-electron chi connectivity index (χ0n) is 22.6. The lowest BCUT2D eigenvalue weighted by Crippen LogP contribution is -2.44. The first-order valence-electron chi connectivity index (χ1n) is 13.0. The second-order valence-electron chi connectivity index (χ2n) is 9.81. The fraction of sp³-hybridized carbons (Fsp3) is 0.267. The average Bonchev–Trinajstić information content (AvgIpc) is 3.62. The maximum Gasteiger partial charge on any atom is 0.227 e. The summed E-state index contributed by atoms with van der Waals surface area (Å²) in [6.45, 7) is 4.00. The number of piperazine rings is 1. The maximum absolute atomic E-state index is 5.78. The summed E-state index contributed by atoms with van der Waals surface area (Å²) in [5.41, 5.74) is 6.62. The highest BCUT2D eigenvalue weighted by Gasteiger charge is 2.20. The molecule has 1 aliphatic heterocycles. The molecule has 0 saturated carbocycles. The Hall–Kier alpha value is -4.50. The van der Waals surface area contributed by atoms with E-state index in [2.05, 4.69) is 50.0 Å². The monoisotopic (exact) mass is 524 g/mol. The van der Waals surface area contributed by atoms with Crippen LogP contribution in [-0.4, -0.2) is 66.9 Å². The van der Waals surface area contributed by atoms with Gasteiger partial charge in [0, 0.05) is 85.5 Å². The smallest absolute Gasteiger partial charge is 0.227 e. The predicted octanol–water partition coefficient (Wildman–Crippen LogP) is 5.41. The van der Waals surface area contributed by atoms with Crippen LogP contribution in [0.25, 0.3) is 33.3 Å². The van der Waals surface area contributed by atoms with Crippen LogP contribution in [0.4, 0.5) is 17.3 Å². The summed E-state index contributed by atoms with van der Waals surface area (Å²) < 4.78 is 18.7. The molecule has 0 bridgehead atoms. The SMILES string of the molecule is COc1ccc2c(-c3nc(Nc4ccc(N5CCN(C)CC5)c(OC)c4)ncc3-c3ccoc3)cn(C)c2c1. The van der Waals surface area contributed by atoms with E-state index in [1.54, 1.807) is 26.7 Å². The number of nitrogens with zero attached hydrogens (tertiary/aromatic N) is 5. The molecule has 0 aliphatic carbocycles. The molecule has 0 amide bonds. The summed E-state index contributed by atoms with van der Waals surface area (Å²) >= 11 is 0. The van der Waals surface area contributed by atoms with Crippen molar-refractivity contribution in [2.75, 3.05) is 57.7 Å². The van der Waals surface area contributed by atoms with Crippen molar-refractivity contribution in [1.29, 1.82) is 0 Å². The number of anilines is 3. The van der Waals surface area contributed by atoms with E-state index >= 15 is 0 Å². The van der Waals surface area contributed by atoms with Crippen molar-refractivity contribution in [3.8, 4) is 33.9 Å². The molecule has 3 aromatic heterocycles. The number of methoxy groups -OCH3 is 2. The number of ether oxygens (including phenoxy) is 2. The van der Waals surface area contributed by atoms with Crippen LogP contribution < -0.4 is 19.7 Å². The topological polar surface area (TPSA) is 80.8 Å². The number of hydrogen-bond donors (Lipinski definition) is 1. The molecule has 6 rings (SSSR count). The molecular formula is C30H32N6O3. The van der Waals surface area contributed by atoms with Gasteiger partial charge in [-0.2, -0.15) is 0 Å². The standard InChI is InChI=1S/C30H32N6O3/c1-34-10-12-36(13-11-34)26-8-5-21(15-28(26)38-4)32-30-31-17-24(20-9-14-39-19-20)29(33-30)25-18-35(2)27-16-22(37-3)6-7-23(25)27/h5-9,14-19H,10-13H2,1-4H3,(H,31,32,33). The Bertz CT molecular complexity index is 1600. The lowest BCUT2D eigenvalue weighted by molar-refractivity contribution is 0.311. The molecule has 0 atom stereocenters. The van der Waals surface area contributed by atoms with E-state index in [1.165, 1.54) is 0 Å². The van der Waals surface area contributed by atoms with Gasteiger partial charge in [-0.15, -0.1) is 0 Å². The second-order valence-corrected chi connectivity index (χ2v) is 9.81. The van der Waals surface area contributed by atoms with Gasteiger partial charge in [-0.05, 0) is 37.4 Å². The minimum atomic E-state index is 0.497. The Morgan fingerprint density at radius 1 is 0.923 bits per heavy atom. The van der Waals surface area contributed by atoms with Gasteiger partial charge in [0.1, 0.15) is 11.5 Å². The second kappa shape index (κ2) is 10.3. The van der Waals surface area contributed by atoms with Gasteiger partial charge < -0.3 is 33.6 Å². The van der Waals surface area contributed by atoms with E-state index in [9.17, 15) is 0 Å².